The van der Waals surface area contributed by atoms with Crippen molar-refractivity contribution >= 4 is 35.6 Å². The second-order valence-electron chi connectivity index (χ2n) is 13.0. The molecule has 280 valence electrons. The van der Waals surface area contributed by atoms with E-state index in [4.69, 9.17) is 14.9 Å². The Bertz CT molecular complexity index is 1430. The minimum absolute atomic E-state index is 0.0937. The molecule has 0 aliphatic carbocycles. The minimum Gasteiger partial charge on any atom is -0.480 e. The molecule has 51 heavy (non-hydrogen) atoms. The molecule has 1 aliphatic rings. The number of oxazole rings is 1. The Balaban J connectivity index is 1.49. The fourth-order valence-corrected chi connectivity index (χ4v) is 6.00. The predicted octanol–water partition coefficient (Wildman–Crippen LogP) is 4.51. The highest BCUT2D eigenvalue weighted by molar-refractivity contribution is 5.98. The van der Waals surface area contributed by atoms with Gasteiger partial charge in [-0.2, -0.15) is 0 Å². The summed E-state index contributed by atoms with van der Waals surface area (Å²) >= 11 is 0. The standard InChI is InChI=1S/C37H53N5O9/c1-2-3-4-5-6-7-8-9-10-11-15-20-32(44)50-25-29(37(48)49)40-34(46)30-19-16-23-42(30)36(47)27(21-22-31(38)43)39-33(45)28-24-51-35(41-28)26-17-13-12-14-18-26/h12-14,17-18,24,27,29-30H,2-11,15-16,19-23,25H2,1H3,(H2,38,43)(H,39,45)(H,40,46)(H,48,49)/t27-,29-,30-/m0/s1. The van der Waals surface area contributed by atoms with E-state index < -0.39 is 60.3 Å². The number of hydrogen-bond donors (Lipinski definition) is 4. The van der Waals surface area contributed by atoms with Crippen LogP contribution in [0, 0.1) is 0 Å². The highest BCUT2D eigenvalue weighted by atomic mass is 16.5. The second-order valence-corrected chi connectivity index (χ2v) is 13.0. The van der Waals surface area contributed by atoms with E-state index in [1.54, 1.807) is 24.3 Å². The van der Waals surface area contributed by atoms with Gasteiger partial charge < -0.3 is 35.5 Å². The van der Waals surface area contributed by atoms with Gasteiger partial charge in [0.25, 0.3) is 5.91 Å². The smallest absolute Gasteiger partial charge is 0.329 e. The summed E-state index contributed by atoms with van der Waals surface area (Å²) < 4.78 is 10.6. The lowest BCUT2D eigenvalue weighted by Crippen LogP contribution is -2.56. The fraction of sp³-hybridized carbons (Fsp3) is 0.595. The summed E-state index contributed by atoms with van der Waals surface area (Å²) in [5.41, 5.74) is 5.87. The Morgan fingerprint density at radius 3 is 2.20 bits per heavy atom. The van der Waals surface area contributed by atoms with Crippen molar-refractivity contribution < 1.29 is 43.0 Å². The van der Waals surface area contributed by atoms with Gasteiger partial charge in [0.1, 0.15) is 25.0 Å². The van der Waals surface area contributed by atoms with Gasteiger partial charge >= 0.3 is 11.9 Å². The van der Waals surface area contributed by atoms with Crippen LogP contribution in [0.3, 0.4) is 0 Å². The molecule has 1 aromatic carbocycles. The summed E-state index contributed by atoms with van der Waals surface area (Å²) in [4.78, 5) is 81.4. The zero-order chi connectivity index (χ0) is 37.0. The Morgan fingerprint density at radius 2 is 1.57 bits per heavy atom. The lowest BCUT2D eigenvalue weighted by Gasteiger charge is -2.29. The lowest BCUT2D eigenvalue weighted by atomic mass is 10.1. The van der Waals surface area contributed by atoms with Crippen LogP contribution in [0.25, 0.3) is 11.5 Å². The van der Waals surface area contributed by atoms with E-state index in [9.17, 15) is 33.9 Å². The predicted molar refractivity (Wildman–Crippen MR) is 188 cm³/mol. The Kier molecular flexibility index (Phi) is 17.7. The van der Waals surface area contributed by atoms with Gasteiger partial charge in [0.15, 0.2) is 11.7 Å². The van der Waals surface area contributed by atoms with Crippen molar-refractivity contribution in [2.45, 2.75) is 128 Å². The summed E-state index contributed by atoms with van der Waals surface area (Å²) in [6, 6.07) is 5.09. The first-order valence-corrected chi connectivity index (χ1v) is 18.2. The van der Waals surface area contributed by atoms with E-state index in [1.165, 1.54) is 49.8 Å². The molecule has 1 fully saturated rings. The van der Waals surface area contributed by atoms with E-state index in [0.717, 1.165) is 25.5 Å². The monoisotopic (exact) mass is 711 g/mol. The molecule has 1 aromatic heterocycles. The number of aliphatic carboxylic acids is 1. The van der Waals surface area contributed by atoms with Crippen LogP contribution in [0.1, 0.15) is 120 Å². The number of benzene rings is 1. The van der Waals surface area contributed by atoms with Crippen molar-refractivity contribution in [1.29, 1.82) is 0 Å². The molecule has 3 rings (SSSR count). The van der Waals surface area contributed by atoms with Crippen LogP contribution in [-0.4, -0.2) is 81.8 Å². The van der Waals surface area contributed by atoms with E-state index in [-0.39, 0.29) is 43.8 Å². The first-order chi connectivity index (χ1) is 24.6. The highest BCUT2D eigenvalue weighted by Gasteiger charge is 2.39. The van der Waals surface area contributed by atoms with E-state index in [2.05, 4.69) is 22.5 Å². The third kappa shape index (κ3) is 14.2. The lowest BCUT2D eigenvalue weighted by molar-refractivity contribution is -0.151. The van der Waals surface area contributed by atoms with Gasteiger partial charge in [-0.25, -0.2) is 9.78 Å². The van der Waals surface area contributed by atoms with Crippen molar-refractivity contribution in [3.63, 3.8) is 0 Å². The van der Waals surface area contributed by atoms with Crippen molar-refractivity contribution in [3.8, 4) is 11.5 Å². The SMILES string of the molecule is CCCCCCCCCCCCCC(=O)OC[C@H](NC(=O)[C@@H]1CCCN1C(=O)[C@H](CCC(N)=O)NC(=O)c1coc(-c2ccccc2)n1)C(=O)O. The maximum absolute atomic E-state index is 13.7. The number of nitrogens with one attached hydrogen (secondary N) is 2. The zero-order valence-electron chi connectivity index (χ0n) is 29.6. The normalized spacial score (nSPS) is 15.2. The van der Waals surface area contributed by atoms with Gasteiger partial charge in [-0.3, -0.25) is 24.0 Å². The maximum atomic E-state index is 13.7. The number of nitrogens with two attached hydrogens (primary N) is 1. The van der Waals surface area contributed by atoms with Crippen LogP contribution in [0.4, 0.5) is 0 Å². The van der Waals surface area contributed by atoms with Crippen molar-refractivity contribution in [3.05, 3.63) is 42.3 Å². The van der Waals surface area contributed by atoms with Crippen LogP contribution in [0.5, 0.6) is 0 Å². The Hall–Kier alpha value is -4.75. The number of esters is 1. The van der Waals surface area contributed by atoms with Gasteiger partial charge in [-0.15, -0.1) is 0 Å². The topological polar surface area (TPSA) is 211 Å². The number of carbonyl (C=O) groups excluding carboxylic acids is 5. The number of carboxylic acid groups (broad SMARTS) is 1. The molecule has 1 saturated heterocycles. The number of unbranched alkanes of at least 4 members (excludes halogenated alkanes) is 10. The minimum atomic E-state index is -1.52. The molecule has 4 amide bonds. The van der Waals surface area contributed by atoms with Gasteiger partial charge in [-0.05, 0) is 37.8 Å². The number of rotatable bonds is 24. The van der Waals surface area contributed by atoms with Crippen molar-refractivity contribution in [2.24, 2.45) is 5.73 Å². The number of ether oxygens (including phenoxy) is 1. The summed E-state index contributed by atoms with van der Waals surface area (Å²) in [7, 11) is 0. The van der Waals surface area contributed by atoms with Crippen LogP contribution in [0.15, 0.2) is 41.0 Å². The molecular weight excluding hydrogens is 658 g/mol. The highest BCUT2D eigenvalue weighted by Crippen LogP contribution is 2.21. The molecule has 0 spiro atoms. The quantitative estimate of drug-likeness (QED) is 0.0884. The summed E-state index contributed by atoms with van der Waals surface area (Å²) in [6.07, 6.45) is 14.1. The molecule has 3 atom stereocenters. The van der Waals surface area contributed by atoms with Crippen molar-refractivity contribution in [2.75, 3.05) is 13.2 Å². The summed E-state index contributed by atoms with van der Waals surface area (Å²) in [5.74, 6) is -4.53. The number of amides is 4. The first-order valence-electron chi connectivity index (χ1n) is 18.2. The third-order valence-corrected chi connectivity index (χ3v) is 8.89. The first kappa shape index (κ1) is 40.7. The van der Waals surface area contributed by atoms with Crippen LogP contribution in [-0.2, 0) is 28.7 Å². The second kappa shape index (κ2) is 22.1. The molecule has 2 heterocycles. The number of hydrogen-bond acceptors (Lipinski definition) is 9. The van der Waals surface area contributed by atoms with Crippen LogP contribution in [0.2, 0.25) is 0 Å². The largest absolute Gasteiger partial charge is 0.480 e. The van der Waals surface area contributed by atoms with Crippen LogP contribution < -0.4 is 16.4 Å². The van der Waals surface area contributed by atoms with E-state index >= 15 is 0 Å². The van der Waals surface area contributed by atoms with Crippen LogP contribution >= 0.6 is 0 Å². The molecule has 2 aromatic rings. The number of carbonyl (C=O) groups is 6. The Labute approximate surface area is 299 Å². The molecular formula is C37H53N5O9. The Morgan fingerprint density at radius 1 is 0.922 bits per heavy atom. The molecule has 14 nitrogen and oxygen atoms in total. The maximum Gasteiger partial charge on any atom is 0.329 e. The van der Waals surface area contributed by atoms with Gasteiger partial charge in [0.2, 0.25) is 23.6 Å². The molecule has 1 aliphatic heterocycles. The number of primary amides is 1. The van der Waals surface area contributed by atoms with Gasteiger partial charge in [0.05, 0.1) is 0 Å². The van der Waals surface area contributed by atoms with Gasteiger partial charge in [0, 0.05) is 24.9 Å². The molecule has 0 radical (unpaired) electrons. The molecule has 14 heteroatoms. The average molecular weight is 712 g/mol. The zero-order valence-corrected chi connectivity index (χ0v) is 29.6. The third-order valence-electron chi connectivity index (χ3n) is 8.89. The summed E-state index contributed by atoms with van der Waals surface area (Å²) in [5, 5.41) is 14.7. The number of nitrogens with zero attached hydrogens (tertiary/aromatic N) is 2. The number of likely N-dealkylation sites (tertiary alicyclic amines) is 1. The molecule has 0 unspecified atom stereocenters. The molecule has 0 bridgehead atoms. The van der Waals surface area contributed by atoms with Crippen molar-refractivity contribution in [1.82, 2.24) is 20.5 Å². The molecule has 0 saturated carbocycles. The van der Waals surface area contributed by atoms with Gasteiger partial charge in [-0.1, -0.05) is 89.3 Å². The molecule has 5 N–H and O–H groups in total. The van der Waals surface area contributed by atoms with E-state index in [1.807, 2.05) is 6.07 Å². The number of carboxylic acids is 1. The fourth-order valence-electron chi connectivity index (χ4n) is 6.00. The number of aromatic nitrogens is 1. The van der Waals surface area contributed by atoms with E-state index in [0.29, 0.717) is 18.4 Å². The average Bonchev–Trinajstić information content (AvgIpc) is 3.82. The summed E-state index contributed by atoms with van der Waals surface area (Å²) in [6.45, 7) is 1.81.